The number of nitrogens with zero attached hydrogens (tertiary/aromatic N) is 4. The van der Waals surface area contributed by atoms with Gasteiger partial charge >= 0.3 is 11.4 Å². The molecule has 0 radical (unpaired) electrons. The van der Waals surface area contributed by atoms with Gasteiger partial charge in [-0.15, -0.1) is 0 Å². The molecule has 0 saturated heterocycles. The minimum absolute atomic E-state index is 0.0105. The fourth-order valence-electron chi connectivity index (χ4n) is 2.91. The molecule has 1 aliphatic rings. The van der Waals surface area contributed by atoms with Crippen LogP contribution in [0.25, 0.3) is 0 Å². The van der Waals surface area contributed by atoms with Crippen molar-refractivity contribution in [1.82, 2.24) is 14.1 Å². The van der Waals surface area contributed by atoms with E-state index >= 15 is 0 Å². The van der Waals surface area contributed by atoms with Gasteiger partial charge in [-0.25, -0.2) is 14.2 Å². The molecular formula is C13H22N4O2. The van der Waals surface area contributed by atoms with Gasteiger partial charge < -0.3 is 4.90 Å². The first-order chi connectivity index (χ1) is 8.93. The van der Waals surface area contributed by atoms with Crippen molar-refractivity contribution in [2.45, 2.75) is 38.6 Å². The second-order valence-electron chi connectivity index (χ2n) is 5.63. The number of hydrogen-bond donors (Lipinski definition) is 0. The summed E-state index contributed by atoms with van der Waals surface area (Å²) in [5.41, 5.74) is -0.687. The standard InChI is InChI=1S/C13H22N4O2/c1-9-7-5-6-8-10(9)17-12(18)14-11(15(2)3)16(4)13(17)19/h9-10H,5-8H2,1-4H3. The van der Waals surface area contributed by atoms with E-state index in [1.165, 1.54) is 15.6 Å². The van der Waals surface area contributed by atoms with Crippen LogP contribution in [0.4, 0.5) is 5.95 Å². The monoisotopic (exact) mass is 266 g/mol. The first-order valence-corrected chi connectivity index (χ1v) is 6.80. The Kier molecular flexibility index (Phi) is 3.78. The molecular weight excluding hydrogens is 244 g/mol. The molecule has 0 amide bonds. The van der Waals surface area contributed by atoms with Crippen LogP contribution in [0.1, 0.15) is 38.6 Å². The second kappa shape index (κ2) is 5.19. The maximum Gasteiger partial charge on any atom is 0.355 e. The van der Waals surface area contributed by atoms with E-state index in [-0.39, 0.29) is 11.7 Å². The Morgan fingerprint density at radius 1 is 1.21 bits per heavy atom. The fraction of sp³-hybridized carbons (Fsp3) is 0.769. The average molecular weight is 266 g/mol. The van der Waals surface area contributed by atoms with Crippen LogP contribution < -0.4 is 16.3 Å². The molecule has 1 heterocycles. The van der Waals surface area contributed by atoms with Crippen molar-refractivity contribution < 1.29 is 0 Å². The van der Waals surface area contributed by atoms with Crippen molar-refractivity contribution in [3.8, 4) is 0 Å². The van der Waals surface area contributed by atoms with E-state index in [0.29, 0.717) is 11.9 Å². The van der Waals surface area contributed by atoms with Crippen molar-refractivity contribution in [1.29, 1.82) is 0 Å². The lowest BCUT2D eigenvalue weighted by molar-refractivity contribution is 0.240. The van der Waals surface area contributed by atoms with Gasteiger partial charge in [0.2, 0.25) is 5.95 Å². The Bertz CT molecular complexity index is 573. The molecule has 0 N–H and O–H groups in total. The van der Waals surface area contributed by atoms with Crippen LogP contribution in [0.2, 0.25) is 0 Å². The van der Waals surface area contributed by atoms with Gasteiger partial charge in [0.1, 0.15) is 0 Å². The molecule has 0 aromatic carbocycles. The molecule has 2 rings (SSSR count). The molecule has 106 valence electrons. The number of aromatic nitrogens is 3. The first-order valence-electron chi connectivity index (χ1n) is 6.80. The van der Waals surface area contributed by atoms with Crippen LogP contribution in [0, 0.1) is 5.92 Å². The molecule has 2 unspecified atom stereocenters. The maximum atomic E-state index is 12.4. The molecule has 0 aliphatic heterocycles. The third kappa shape index (κ3) is 2.43. The van der Waals surface area contributed by atoms with Crippen molar-refractivity contribution in [3.05, 3.63) is 21.0 Å². The molecule has 19 heavy (non-hydrogen) atoms. The molecule has 0 bridgehead atoms. The van der Waals surface area contributed by atoms with E-state index in [2.05, 4.69) is 11.9 Å². The highest BCUT2D eigenvalue weighted by atomic mass is 16.2. The largest absolute Gasteiger partial charge is 0.355 e. The zero-order valence-corrected chi connectivity index (χ0v) is 12.1. The Hall–Kier alpha value is -1.59. The Balaban J connectivity index is 2.56. The molecule has 2 atom stereocenters. The predicted octanol–water partition coefficient (Wildman–Crippen LogP) is 0.759. The van der Waals surface area contributed by atoms with Crippen LogP contribution in [-0.4, -0.2) is 28.2 Å². The number of anilines is 1. The molecule has 1 saturated carbocycles. The van der Waals surface area contributed by atoms with Gasteiger partial charge in [0.05, 0.1) is 0 Å². The lowest BCUT2D eigenvalue weighted by Gasteiger charge is -2.30. The zero-order chi connectivity index (χ0) is 14.2. The van der Waals surface area contributed by atoms with Gasteiger partial charge in [0.25, 0.3) is 0 Å². The van der Waals surface area contributed by atoms with E-state index < -0.39 is 5.69 Å². The van der Waals surface area contributed by atoms with E-state index in [4.69, 9.17) is 0 Å². The van der Waals surface area contributed by atoms with Gasteiger partial charge in [-0.1, -0.05) is 19.8 Å². The highest BCUT2D eigenvalue weighted by Gasteiger charge is 2.27. The highest BCUT2D eigenvalue weighted by molar-refractivity contribution is 5.25. The quantitative estimate of drug-likeness (QED) is 0.793. The van der Waals surface area contributed by atoms with Crippen molar-refractivity contribution in [2.24, 2.45) is 13.0 Å². The third-order valence-electron chi connectivity index (χ3n) is 3.99. The van der Waals surface area contributed by atoms with Crippen molar-refractivity contribution in [2.75, 3.05) is 19.0 Å². The predicted molar refractivity (Wildman–Crippen MR) is 74.7 cm³/mol. The fourth-order valence-corrected chi connectivity index (χ4v) is 2.91. The minimum Gasteiger partial charge on any atom is -0.348 e. The summed E-state index contributed by atoms with van der Waals surface area (Å²) in [6.07, 6.45) is 4.20. The maximum absolute atomic E-state index is 12.4. The lowest BCUT2D eigenvalue weighted by Crippen LogP contribution is -2.46. The van der Waals surface area contributed by atoms with E-state index in [0.717, 1.165) is 19.3 Å². The molecule has 6 heteroatoms. The number of rotatable bonds is 2. The van der Waals surface area contributed by atoms with Gasteiger partial charge in [-0.3, -0.25) is 4.57 Å². The first kappa shape index (κ1) is 13.8. The molecule has 1 fully saturated rings. The van der Waals surface area contributed by atoms with Crippen molar-refractivity contribution >= 4 is 5.95 Å². The topological polar surface area (TPSA) is 60.1 Å². The summed E-state index contributed by atoms with van der Waals surface area (Å²) < 4.78 is 2.79. The molecule has 1 aliphatic carbocycles. The summed E-state index contributed by atoms with van der Waals surface area (Å²) in [4.78, 5) is 30.3. The second-order valence-corrected chi connectivity index (χ2v) is 5.63. The minimum atomic E-state index is -0.425. The molecule has 1 aromatic heterocycles. The summed E-state index contributed by atoms with van der Waals surface area (Å²) in [7, 11) is 5.21. The zero-order valence-electron chi connectivity index (χ0n) is 12.1. The molecule has 6 nitrogen and oxygen atoms in total. The Morgan fingerprint density at radius 2 is 1.84 bits per heavy atom. The summed E-state index contributed by atoms with van der Waals surface area (Å²) in [5, 5.41) is 0. The Labute approximate surface area is 112 Å². The van der Waals surface area contributed by atoms with Crippen LogP contribution in [0.3, 0.4) is 0 Å². The number of hydrogen-bond acceptors (Lipinski definition) is 4. The summed E-state index contributed by atoms with van der Waals surface area (Å²) in [5.74, 6) is 0.751. The molecule has 0 spiro atoms. The smallest absolute Gasteiger partial charge is 0.348 e. The Morgan fingerprint density at radius 3 is 2.42 bits per heavy atom. The van der Waals surface area contributed by atoms with E-state index in [9.17, 15) is 9.59 Å². The van der Waals surface area contributed by atoms with Crippen LogP contribution in [0.15, 0.2) is 9.59 Å². The normalized spacial score (nSPS) is 23.4. The van der Waals surface area contributed by atoms with Gasteiger partial charge in [0.15, 0.2) is 0 Å². The third-order valence-corrected chi connectivity index (χ3v) is 3.99. The summed E-state index contributed by atoms with van der Waals surface area (Å²) in [6, 6.07) is -0.0105. The lowest BCUT2D eigenvalue weighted by atomic mass is 9.86. The van der Waals surface area contributed by atoms with Gasteiger partial charge in [-0.2, -0.15) is 4.98 Å². The van der Waals surface area contributed by atoms with Crippen LogP contribution in [-0.2, 0) is 7.05 Å². The highest BCUT2D eigenvalue weighted by Crippen LogP contribution is 2.31. The van der Waals surface area contributed by atoms with Crippen LogP contribution >= 0.6 is 0 Å². The summed E-state index contributed by atoms with van der Waals surface area (Å²) in [6.45, 7) is 2.11. The van der Waals surface area contributed by atoms with Gasteiger partial charge in [0, 0.05) is 27.2 Å². The molecule has 1 aromatic rings. The van der Waals surface area contributed by atoms with E-state index in [1.807, 2.05) is 0 Å². The SMILES string of the molecule is CC1CCCCC1n1c(=O)nc(N(C)C)n(C)c1=O. The summed E-state index contributed by atoms with van der Waals surface area (Å²) >= 11 is 0. The van der Waals surface area contributed by atoms with E-state index in [1.54, 1.807) is 26.0 Å². The van der Waals surface area contributed by atoms with Crippen molar-refractivity contribution in [3.63, 3.8) is 0 Å². The van der Waals surface area contributed by atoms with Gasteiger partial charge in [-0.05, 0) is 18.8 Å². The average Bonchev–Trinajstić information content (AvgIpc) is 2.36. The van der Waals surface area contributed by atoms with Crippen LogP contribution in [0.5, 0.6) is 0 Å².